The lowest BCUT2D eigenvalue weighted by Gasteiger charge is -2.11. The van der Waals surface area contributed by atoms with Crippen LogP contribution in [0.4, 0.5) is 0 Å². The molecule has 1 amide bonds. The first-order valence-electron chi connectivity index (χ1n) is 7.44. The van der Waals surface area contributed by atoms with Crippen molar-refractivity contribution in [3.63, 3.8) is 0 Å². The third-order valence-corrected chi connectivity index (χ3v) is 3.44. The van der Waals surface area contributed by atoms with Crippen molar-refractivity contribution in [2.75, 3.05) is 6.61 Å². The van der Waals surface area contributed by atoms with Crippen molar-refractivity contribution in [1.29, 1.82) is 0 Å². The lowest BCUT2D eigenvalue weighted by atomic mass is 10.1. The molecule has 4 nitrogen and oxygen atoms in total. The molecule has 2 aromatic rings. The van der Waals surface area contributed by atoms with E-state index in [1.54, 1.807) is 6.07 Å². The van der Waals surface area contributed by atoms with E-state index in [9.17, 15) is 4.79 Å². The molecule has 116 valence electrons. The van der Waals surface area contributed by atoms with Crippen LogP contribution in [-0.2, 0) is 24.4 Å². The number of carbonyl (C=O) groups is 1. The predicted octanol–water partition coefficient (Wildman–Crippen LogP) is 2.61. The number of primary amides is 1. The van der Waals surface area contributed by atoms with Crippen LogP contribution in [0.25, 0.3) is 0 Å². The molecule has 0 saturated carbocycles. The van der Waals surface area contributed by atoms with Crippen LogP contribution in [0.5, 0.6) is 0 Å². The molecule has 0 atom stereocenters. The molecule has 0 aliphatic rings. The summed E-state index contributed by atoms with van der Waals surface area (Å²) in [6.45, 7) is 4.77. The molecular formula is C18H22N2O2. The van der Waals surface area contributed by atoms with E-state index in [4.69, 9.17) is 10.5 Å². The van der Waals surface area contributed by atoms with Crippen LogP contribution in [0, 0.1) is 0 Å². The first-order valence-corrected chi connectivity index (χ1v) is 7.44. The molecule has 0 fully saturated rings. The molecule has 0 aliphatic carbocycles. The maximum Gasteiger partial charge on any atom is 0.248 e. The number of carbonyl (C=O) groups excluding carboxylic acids is 1. The van der Waals surface area contributed by atoms with E-state index in [0.29, 0.717) is 25.3 Å². The van der Waals surface area contributed by atoms with Gasteiger partial charge in [0.15, 0.2) is 0 Å². The molecule has 0 radical (unpaired) electrons. The SMILES string of the molecule is CCOCc1ccccc1CNCc1cccc(C(N)=O)c1. The van der Waals surface area contributed by atoms with Crippen LogP contribution >= 0.6 is 0 Å². The van der Waals surface area contributed by atoms with Crippen molar-refractivity contribution in [1.82, 2.24) is 5.32 Å². The van der Waals surface area contributed by atoms with E-state index in [1.807, 2.05) is 37.3 Å². The summed E-state index contributed by atoms with van der Waals surface area (Å²) in [5.74, 6) is -0.399. The summed E-state index contributed by atoms with van der Waals surface area (Å²) >= 11 is 0. The van der Waals surface area contributed by atoms with Gasteiger partial charge in [-0.1, -0.05) is 36.4 Å². The Morgan fingerprint density at radius 2 is 1.86 bits per heavy atom. The van der Waals surface area contributed by atoms with E-state index in [1.165, 1.54) is 11.1 Å². The Kier molecular flexibility index (Phi) is 6.13. The zero-order valence-corrected chi connectivity index (χ0v) is 12.8. The number of hydrogen-bond donors (Lipinski definition) is 2. The molecule has 0 aliphatic heterocycles. The maximum atomic E-state index is 11.2. The second-order valence-electron chi connectivity index (χ2n) is 5.07. The van der Waals surface area contributed by atoms with Crippen LogP contribution in [0.15, 0.2) is 48.5 Å². The van der Waals surface area contributed by atoms with Crippen LogP contribution in [0.1, 0.15) is 34.0 Å². The zero-order valence-electron chi connectivity index (χ0n) is 12.8. The Morgan fingerprint density at radius 3 is 2.59 bits per heavy atom. The molecule has 4 heteroatoms. The lowest BCUT2D eigenvalue weighted by Crippen LogP contribution is -2.16. The Balaban J connectivity index is 1.94. The van der Waals surface area contributed by atoms with E-state index in [0.717, 1.165) is 12.1 Å². The van der Waals surface area contributed by atoms with Crippen LogP contribution in [0.3, 0.4) is 0 Å². The van der Waals surface area contributed by atoms with Gasteiger partial charge in [-0.15, -0.1) is 0 Å². The second kappa shape index (κ2) is 8.32. The second-order valence-corrected chi connectivity index (χ2v) is 5.07. The summed E-state index contributed by atoms with van der Waals surface area (Å²) in [5, 5.41) is 3.39. The maximum absolute atomic E-state index is 11.2. The third kappa shape index (κ3) is 4.69. The van der Waals surface area contributed by atoms with Gasteiger partial charge >= 0.3 is 0 Å². The quantitative estimate of drug-likeness (QED) is 0.787. The minimum absolute atomic E-state index is 0.399. The highest BCUT2D eigenvalue weighted by atomic mass is 16.5. The fraction of sp³-hybridized carbons (Fsp3) is 0.278. The number of hydrogen-bond acceptors (Lipinski definition) is 3. The summed E-state index contributed by atoms with van der Waals surface area (Å²) in [6, 6.07) is 15.6. The fourth-order valence-electron chi connectivity index (χ4n) is 2.26. The number of benzene rings is 2. The predicted molar refractivity (Wildman–Crippen MR) is 87.3 cm³/mol. The normalized spacial score (nSPS) is 10.6. The number of amides is 1. The highest BCUT2D eigenvalue weighted by Crippen LogP contribution is 2.11. The number of nitrogens with one attached hydrogen (secondary N) is 1. The van der Waals surface area contributed by atoms with Gasteiger partial charge in [-0.25, -0.2) is 0 Å². The largest absolute Gasteiger partial charge is 0.377 e. The fourth-order valence-corrected chi connectivity index (χ4v) is 2.26. The minimum atomic E-state index is -0.399. The first-order chi connectivity index (χ1) is 10.7. The van der Waals surface area contributed by atoms with Gasteiger partial charge in [0, 0.05) is 25.3 Å². The average molecular weight is 298 g/mol. The van der Waals surface area contributed by atoms with Crippen LogP contribution < -0.4 is 11.1 Å². The Labute approximate surface area is 131 Å². The summed E-state index contributed by atoms with van der Waals surface area (Å²) in [5.41, 5.74) is 9.29. The van der Waals surface area contributed by atoms with Crippen molar-refractivity contribution in [3.8, 4) is 0 Å². The Morgan fingerprint density at radius 1 is 1.09 bits per heavy atom. The average Bonchev–Trinajstić information content (AvgIpc) is 2.54. The van der Waals surface area contributed by atoms with Gasteiger partial charge in [0.05, 0.1) is 6.61 Å². The highest BCUT2D eigenvalue weighted by molar-refractivity contribution is 5.92. The number of ether oxygens (including phenoxy) is 1. The Bertz CT molecular complexity index is 626. The molecule has 3 N–H and O–H groups in total. The van der Waals surface area contributed by atoms with Crippen molar-refractivity contribution in [3.05, 3.63) is 70.8 Å². The molecule has 0 saturated heterocycles. The zero-order chi connectivity index (χ0) is 15.8. The van der Waals surface area contributed by atoms with Crippen molar-refractivity contribution >= 4 is 5.91 Å². The van der Waals surface area contributed by atoms with Gasteiger partial charge in [-0.05, 0) is 35.7 Å². The van der Waals surface area contributed by atoms with Crippen molar-refractivity contribution < 1.29 is 9.53 Å². The molecule has 0 aromatic heterocycles. The van der Waals surface area contributed by atoms with Gasteiger partial charge in [0.1, 0.15) is 0 Å². The van der Waals surface area contributed by atoms with Gasteiger partial charge in [-0.3, -0.25) is 4.79 Å². The number of rotatable bonds is 8. The summed E-state index contributed by atoms with van der Waals surface area (Å²) in [6.07, 6.45) is 0. The van der Waals surface area contributed by atoms with Gasteiger partial charge in [-0.2, -0.15) is 0 Å². The molecular weight excluding hydrogens is 276 g/mol. The summed E-state index contributed by atoms with van der Waals surface area (Å²) in [7, 11) is 0. The monoisotopic (exact) mass is 298 g/mol. The minimum Gasteiger partial charge on any atom is -0.377 e. The summed E-state index contributed by atoms with van der Waals surface area (Å²) < 4.78 is 5.49. The van der Waals surface area contributed by atoms with E-state index >= 15 is 0 Å². The van der Waals surface area contributed by atoms with Gasteiger partial charge < -0.3 is 15.8 Å². The molecule has 2 rings (SSSR count). The topological polar surface area (TPSA) is 64.3 Å². The van der Waals surface area contributed by atoms with E-state index < -0.39 is 5.91 Å². The smallest absolute Gasteiger partial charge is 0.248 e. The van der Waals surface area contributed by atoms with Crippen LogP contribution in [0.2, 0.25) is 0 Å². The standard InChI is InChI=1S/C18H22N2O2/c1-2-22-13-17-8-4-3-7-16(17)12-20-11-14-6-5-9-15(10-14)18(19)21/h3-10,20H,2,11-13H2,1H3,(H2,19,21). The highest BCUT2D eigenvalue weighted by Gasteiger charge is 2.03. The van der Waals surface area contributed by atoms with Gasteiger partial charge in [0.25, 0.3) is 0 Å². The number of nitrogens with two attached hydrogens (primary N) is 1. The first kappa shape index (κ1) is 16.2. The van der Waals surface area contributed by atoms with Gasteiger partial charge in [0.2, 0.25) is 5.91 Å². The molecule has 0 unspecified atom stereocenters. The molecule has 0 heterocycles. The van der Waals surface area contributed by atoms with Crippen molar-refractivity contribution in [2.24, 2.45) is 5.73 Å². The van der Waals surface area contributed by atoms with Crippen LogP contribution in [-0.4, -0.2) is 12.5 Å². The lowest BCUT2D eigenvalue weighted by molar-refractivity contribution is 0.1000. The van der Waals surface area contributed by atoms with Crippen molar-refractivity contribution in [2.45, 2.75) is 26.6 Å². The molecule has 0 bridgehead atoms. The molecule has 2 aromatic carbocycles. The molecule has 22 heavy (non-hydrogen) atoms. The summed E-state index contributed by atoms with van der Waals surface area (Å²) in [4.78, 5) is 11.2. The molecule has 0 spiro atoms. The van der Waals surface area contributed by atoms with E-state index in [2.05, 4.69) is 17.4 Å². The Hall–Kier alpha value is -2.17. The third-order valence-electron chi connectivity index (χ3n) is 3.44. The van der Waals surface area contributed by atoms with E-state index in [-0.39, 0.29) is 0 Å².